The van der Waals surface area contributed by atoms with Gasteiger partial charge in [0.2, 0.25) is 11.9 Å². The smallest absolute Gasteiger partial charge is 0.240 e. The van der Waals surface area contributed by atoms with Crippen molar-refractivity contribution in [2.75, 3.05) is 0 Å². The van der Waals surface area contributed by atoms with Crippen LogP contribution in [-0.4, -0.2) is 24.1 Å². The van der Waals surface area contributed by atoms with Gasteiger partial charge in [-0.15, -0.1) is 0 Å². The lowest BCUT2D eigenvalue weighted by Gasteiger charge is -2.13. The lowest BCUT2D eigenvalue weighted by molar-refractivity contribution is 0.669. The molecular weight excluding hydrogens is 627 g/mol. The van der Waals surface area contributed by atoms with Gasteiger partial charge in [-0.25, -0.2) is 0 Å². The minimum atomic E-state index is 0.547. The molecule has 0 aliphatic rings. The van der Waals surface area contributed by atoms with Gasteiger partial charge in [0.25, 0.3) is 0 Å². The largest absolute Gasteiger partial charge is 0.456 e. The van der Waals surface area contributed by atoms with Gasteiger partial charge >= 0.3 is 0 Å². The molecule has 238 valence electrons. The Hall–Kier alpha value is -7.05. The second kappa shape index (κ2) is 10.7. The highest BCUT2D eigenvalue weighted by Crippen LogP contribution is 2.37. The third-order valence-electron chi connectivity index (χ3n) is 10.0. The molecule has 0 bridgehead atoms. The number of para-hydroxylation sites is 4. The fourth-order valence-corrected chi connectivity index (χ4v) is 7.68. The van der Waals surface area contributed by atoms with Gasteiger partial charge < -0.3 is 4.42 Å². The van der Waals surface area contributed by atoms with Crippen molar-refractivity contribution in [3.63, 3.8) is 0 Å². The molecule has 11 rings (SSSR count). The Bertz CT molecular complexity index is 3100. The van der Waals surface area contributed by atoms with E-state index in [0.29, 0.717) is 17.7 Å². The van der Waals surface area contributed by atoms with Crippen LogP contribution >= 0.6 is 0 Å². The van der Waals surface area contributed by atoms with Crippen molar-refractivity contribution in [3.8, 4) is 34.4 Å². The number of fused-ring (bicyclic) bond motifs is 9. The average Bonchev–Trinajstić information content (AvgIpc) is 3.85. The van der Waals surface area contributed by atoms with Crippen molar-refractivity contribution in [2.24, 2.45) is 0 Å². The monoisotopic (exact) mass is 653 g/mol. The topological polar surface area (TPSA) is 61.7 Å². The molecular formula is C45H27N5O. The van der Waals surface area contributed by atoms with Crippen molar-refractivity contribution in [1.29, 1.82) is 0 Å². The van der Waals surface area contributed by atoms with Crippen molar-refractivity contribution in [2.45, 2.75) is 0 Å². The molecule has 4 heterocycles. The molecule has 0 unspecified atom stereocenters. The number of benzene rings is 7. The summed E-state index contributed by atoms with van der Waals surface area (Å²) >= 11 is 0. The lowest BCUT2D eigenvalue weighted by atomic mass is 10.0. The zero-order valence-corrected chi connectivity index (χ0v) is 27.2. The molecule has 11 aromatic rings. The van der Waals surface area contributed by atoms with Gasteiger partial charge in [-0.3, -0.25) is 9.13 Å². The maximum Gasteiger partial charge on any atom is 0.240 e. The Labute approximate surface area is 291 Å². The van der Waals surface area contributed by atoms with E-state index < -0.39 is 0 Å². The summed E-state index contributed by atoms with van der Waals surface area (Å²) in [5, 5.41) is 6.64. The number of aromatic nitrogens is 5. The molecule has 51 heavy (non-hydrogen) atoms. The van der Waals surface area contributed by atoms with Crippen LogP contribution in [0.1, 0.15) is 0 Å². The van der Waals surface area contributed by atoms with Crippen molar-refractivity contribution < 1.29 is 4.42 Å². The molecule has 0 spiro atoms. The lowest BCUT2D eigenvalue weighted by Crippen LogP contribution is -2.10. The number of nitrogens with zero attached hydrogens (tertiary/aromatic N) is 5. The van der Waals surface area contributed by atoms with Gasteiger partial charge in [-0.2, -0.15) is 15.0 Å². The molecule has 4 aromatic heterocycles. The molecule has 0 amide bonds. The van der Waals surface area contributed by atoms with E-state index in [-0.39, 0.29) is 0 Å². The van der Waals surface area contributed by atoms with Crippen LogP contribution in [0.15, 0.2) is 168 Å². The predicted molar refractivity (Wildman–Crippen MR) is 207 cm³/mol. The van der Waals surface area contributed by atoms with Gasteiger partial charge in [0.05, 0.1) is 22.1 Å². The molecule has 0 atom stereocenters. The van der Waals surface area contributed by atoms with Crippen LogP contribution in [0.5, 0.6) is 0 Å². The summed E-state index contributed by atoms with van der Waals surface area (Å²) in [6.45, 7) is 0. The molecule has 0 aliphatic carbocycles. The van der Waals surface area contributed by atoms with Gasteiger partial charge in [0.1, 0.15) is 11.2 Å². The second-order valence-electron chi connectivity index (χ2n) is 12.9. The van der Waals surface area contributed by atoms with E-state index in [0.717, 1.165) is 82.2 Å². The average molecular weight is 654 g/mol. The zero-order valence-electron chi connectivity index (χ0n) is 27.2. The van der Waals surface area contributed by atoms with Gasteiger partial charge in [0, 0.05) is 37.9 Å². The highest BCUT2D eigenvalue weighted by Gasteiger charge is 2.21. The first-order chi connectivity index (χ1) is 25.3. The van der Waals surface area contributed by atoms with Gasteiger partial charge in [-0.1, -0.05) is 115 Å². The van der Waals surface area contributed by atoms with E-state index in [1.807, 2.05) is 36.4 Å². The van der Waals surface area contributed by atoms with Crippen molar-refractivity contribution >= 4 is 65.6 Å². The number of hydrogen-bond donors (Lipinski definition) is 0. The van der Waals surface area contributed by atoms with Gasteiger partial charge in [-0.05, 0) is 59.7 Å². The van der Waals surface area contributed by atoms with E-state index in [2.05, 4.69) is 137 Å². The summed E-state index contributed by atoms with van der Waals surface area (Å²) in [6.07, 6.45) is 0. The van der Waals surface area contributed by atoms with Gasteiger partial charge in [0.15, 0.2) is 5.82 Å². The zero-order chi connectivity index (χ0) is 33.5. The summed E-state index contributed by atoms with van der Waals surface area (Å²) in [7, 11) is 0. The maximum atomic E-state index is 6.19. The summed E-state index contributed by atoms with van der Waals surface area (Å²) in [4.78, 5) is 15.9. The molecule has 7 aromatic carbocycles. The first-order valence-corrected chi connectivity index (χ1v) is 17.0. The molecule has 0 radical (unpaired) electrons. The summed E-state index contributed by atoms with van der Waals surface area (Å²) < 4.78 is 10.5. The first-order valence-electron chi connectivity index (χ1n) is 17.0. The van der Waals surface area contributed by atoms with Crippen molar-refractivity contribution in [3.05, 3.63) is 164 Å². The Morgan fingerprint density at radius 2 is 0.843 bits per heavy atom. The van der Waals surface area contributed by atoms with Crippen LogP contribution in [0.3, 0.4) is 0 Å². The normalized spacial score (nSPS) is 11.9. The number of rotatable bonds is 4. The van der Waals surface area contributed by atoms with E-state index in [9.17, 15) is 0 Å². The Morgan fingerprint density at radius 1 is 0.333 bits per heavy atom. The molecule has 0 fully saturated rings. The van der Waals surface area contributed by atoms with Crippen LogP contribution in [0.2, 0.25) is 0 Å². The third kappa shape index (κ3) is 4.20. The standard InChI is InChI=1S/C45H27N5O/c1-2-12-28(13-3-1)29-22-24-34-33-16-6-10-20-39(33)50(40(34)27-29)45-47-43(30-23-25-42-36(26-30)35-17-7-11-21-41(35)51-42)46-44(48-45)49-37-18-8-4-14-31(37)32-15-5-9-19-38(32)49/h1-27H. The molecule has 6 heteroatoms. The quantitative estimate of drug-likeness (QED) is 0.190. The SMILES string of the molecule is c1ccc(-c2ccc3c4ccccc4n(-c4nc(-c5ccc6oc7ccccc7c6c5)nc(-n5c6ccccc6c6ccccc65)n4)c3c2)cc1. The predicted octanol–water partition coefficient (Wildman–Crippen LogP) is 11.3. The molecule has 0 aliphatic heterocycles. The highest BCUT2D eigenvalue weighted by molar-refractivity contribution is 6.11. The molecule has 0 saturated carbocycles. The fraction of sp³-hybridized carbons (Fsp3) is 0. The van der Waals surface area contributed by atoms with Crippen LogP contribution in [0.4, 0.5) is 0 Å². The molecule has 0 N–H and O–H groups in total. The number of hydrogen-bond acceptors (Lipinski definition) is 4. The Balaban J connectivity index is 1.24. The molecule has 6 nitrogen and oxygen atoms in total. The van der Waals surface area contributed by atoms with E-state index in [4.69, 9.17) is 19.4 Å². The van der Waals surface area contributed by atoms with Crippen LogP contribution < -0.4 is 0 Å². The Kier molecular flexibility index (Phi) is 5.86. The third-order valence-corrected chi connectivity index (χ3v) is 10.0. The van der Waals surface area contributed by atoms with E-state index in [1.54, 1.807) is 0 Å². The maximum absolute atomic E-state index is 6.19. The molecule has 0 saturated heterocycles. The fourth-order valence-electron chi connectivity index (χ4n) is 7.68. The van der Waals surface area contributed by atoms with Crippen LogP contribution in [0.25, 0.3) is 100.0 Å². The minimum absolute atomic E-state index is 0.547. The van der Waals surface area contributed by atoms with Crippen LogP contribution in [0, 0.1) is 0 Å². The van der Waals surface area contributed by atoms with Crippen molar-refractivity contribution in [1.82, 2.24) is 24.1 Å². The van der Waals surface area contributed by atoms with E-state index in [1.165, 1.54) is 0 Å². The summed E-state index contributed by atoms with van der Waals surface area (Å²) in [5.41, 5.74) is 8.96. The first kappa shape index (κ1) is 27.9. The summed E-state index contributed by atoms with van der Waals surface area (Å²) in [5.74, 6) is 1.68. The second-order valence-corrected chi connectivity index (χ2v) is 12.9. The Morgan fingerprint density at radius 3 is 1.51 bits per heavy atom. The van der Waals surface area contributed by atoms with E-state index >= 15 is 0 Å². The van der Waals surface area contributed by atoms with Crippen LogP contribution in [-0.2, 0) is 0 Å². The highest BCUT2D eigenvalue weighted by atomic mass is 16.3. The number of furan rings is 1. The summed E-state index contributed by atoms with van der Waals surface area (Å²) in [6, 6.07) is 56.8. The minimum Gasteiger partial charge on any atom is -0.456 e.